The maximum Gasteiger partial charge on any atom is 0.160 e. The zero-order chi connectivity index (χ0) is 12.3. The highest BCUT2D eigenvalue weighted by atomic mass is 15.6. The predicted octanol–water partition coefficient (Wildman–Crippen LogP) is 2.32. The first-order valence-corrected chi connectivity index (χ1v) is 7.14. The van der Waals surface area contributed by atoms with Gasteiger partial charge in [0.25, 0.3) is 0 Å². The van der Waals surface area contributed by atoms with Gasteiger partial charge in [-0.25, -0.2) is 0 Å². The molecule has 18 heavy (non-hydrogen) atoms. The fourth-order valence-electron chi connectivity index (χ4n) is 3.76. The summed E-state index contributed by atoms with van der Waals surface area (Å²) in [6.45, 7) is 9.43. The van der Waals surface area contributed by atoms with Crippen molar-refractivity contribution in [2.45, 2.75) is 33.0 Å². The molecule has 2 fully saturated rings. The second kappa shape index (κ2) is 3.64. The van der Waals surface area contributed by atoms with Gasteiger partial charge in [-0.05, 0) is 49.9 Å². The topological polar surface area (TPSA) is 9.72 Å². The minimum Gasteiger partial charge on any atom is -0.337 e. The fourth-order valence-corrected chi connectivity index (χ4v) is 3.76. The maximum atomic E-state index is 2.65. The molecule has 2 saturated heterocycles. The molecule has 1 aromatic rings. The van der Waals surface area contributed by atoms with Crippen LogP contribution >= 0.6 is 0 Å². The number of aryl methyl sites for hydroxylation is 2. The predicted molar refractivity (Wildman–Crippen MR) is 75.2 cm³/mol. The molecule has 3 heteroatoms. The number of anilines is 2. The fraction of sp³-hybridized carbons (Fsp3) is 0.600. The van der Waals surface area contributed by atoms with Crippen molar-refractivity contribution >= 4 is 11.4 Å². The molecule has 0 bridgehead atoms. The molecule has 0 radical (unpaired) electrons. The first kappa shape index (κ1) is 10.7. The van der Waals surface area contributed by atoms with Crippen molar-refractivity contribution in [2.75, 3.05) is 36.0 Å². The molecule has 3 nitrogen and oxygen atoms in total. The van der Waals surface area contributed by atoms with E-state index in [2.05, 4.69) is 40.7 Å². The van der Waals surface area contributed by atoms with Gasteiger partial charge in [0.15, 0.2) is 6.29 Å². The van der Waals surface area contributed by atoms with E-state index in [1.54, 1.807) is 0 Å². The van der Waals surface area contributed by atoms with E-state index in [1.165, 1.54) is 61.5 Å². The Morgan fingerprint density at radius 2 is 1.33 bits per heavy atom. The van der Waals surface area contributed by atoms with Crippen LogP contribution in [0.3, 0.4) is 0 Å². The molecule has 0 spiro atoms. The molecule has 0 atom stereocenters. The lowest BCUT2D eigenvalue weighted by molar-refractivity contribution is 0.137. The van der Waals surface area contributed by atoms with E-state index in [0.717, 1.165) is 0 Å². The molecule has 0 aromatic heterocycles. The Morgan fingerprint density at radius 3 is 1.83 bits per heavy atom. The molecule has 4 rings (SSSR count). The molecule has 3 heterocycles. The first-order chi connectivity index (χ1) is 8.75. The van der Waals surface area contributed by atoms with Gasteiger partial charge in [-0.3, -0.25) is 4.90 Å². The van der Waals surface area contributed by atoms with Crippen LogP contribution in [0, 0.1) is 13.8 Å². The number of hydrogen-bond donors (Lipinski definition) is 0. The third kappa shape index (κ3) is 1.28. The van der Waals surface area contributed by atoms with Crippen LogP contribution in [0.1, 0.15) is 24.0 Å². The van der Waals surface area contributed by atoms with Gasteiger partial charge >= 0.3 is 0 Å². The summed E-state index contributed by atoms with van der Waals surface area (Å²) in [6, 6.07) is 4.79. The van der Waals surface area contributed by atoms with Crippen LogP contribution in [0.4, 0.5) is 11.4 Å². The minimum absolute atomic E-state index is 0.517. The summed E-state index contributed by atoms with van der Waals surface area (Å²) in [4.78, 5) is 7.88. The van der Waals surface area contributed by atoms with Crippen LogP contribution in [-0.4, -0.2) is 37.4 Å². The number of fused-ring (bicyclic) bond motifs is 3. The third-order valence-corrected chi connectivity index (χ3v) is 4.78. The highest BCUT2D eigenvalue weighted by Crippen LogP contribution is 2.44. The van der Waals surface area contributed by atoms with Crippen LogP contribution in [0.5, 0.6) is 0 Å². The van der Waals surface area contributed by atoms with E-state index in [4.69, 9.17) is 0 Å². The lowest BCUT2D eigenvalue weighted by Crippen LogP contribution is -2.62. The van der Waals surface area contributed by atoms with Crippen LogP contribution in [0.25, 0.3) is 0 Å². The average molecular weight is 243 g/mol. The molecular formula is C15H21N3. The molecule has 96 valence electrons. The van der Waals surface area contributed by atoms with E-state index in [0.29, 0.717) is 6.29 Å². The van der Waals surface area contributed by atoms with Gasteiger partial charge in [-0.15, -0.1) is 0 Å². The van der Waals surface area contributed by atoms with Crippen LogP contribution < -0.4 is 9.80 Å². The van der Waals surface area contributed by atoms with Gasteiger partial charge in [-0.1, -0.05) is 0 Å². The smallest absolute Gasteiger partial charge is 0.160 e. The Kier molecular flexibility index (Phi) is 2.16. The Hall–Kier alpha value is -1.22. The number of rotatable bonds is 0. The summed E-state index contributed by atoms with van der Waals surface area (Å²) in [5.41, 5.74) is 5.78. The molecule has 3 aliphatic heterocycles. The summed E-state index contributed by atoms with van der Waals surface area (Å²) in [5, 5.41) is 0. The summed E-state index contributed by atoms with van der Waals surface area (Å²) < 4.78 is 0. The van der Waals surface area contributed by atoms with Gasteiger partial charge in [0.2, 0.25) is 0 Å². The molecule has 0 N–H and O–H groups in total. The SMILES string of the molecule is Cc1cc2c(cc1C)N1CCCN3CCCN2C31. The molecular weight excluding hydrogens is 222 g/mol. The van der Waals surface area contributed by atoms with Gasteiger partial charge in [-0.2, -0.15) is 0 Å². The molecule has 0 unspecified atom stereocenters. The monoisotopic (exact) mass is 243 g/mol. The second-order valence-corrected chi connectivity index (χ2v) is 5.90. The summed E-state index contributed by atoms with van der Waals surface area (Å²) in [5.74, 6) is 0. The Labute approximate surface area is 109 Å². The Morgan fingerprint density at radius 1 is 0.833 bits per heavy atom. The zero-order valence-corrected chi connectivity index (χ0v) is 11.3. The lowest BCUT2D eigenvalue weighted by atomic mass is 10.1. The number of benzene rings is 1. The summed E-state index contributed by atoms with van der Waals surface area (Å²) in [7, 11) is 0. The molecule has 3 aliphatic rings. The number of nitrogens with zero attached hydrogens (tertiary/aromatic N) is 3. The standard InChI is InChI=1S/C15H21N3/c1-11-9-13-14(10-12(11)2)18-8-4-6-16-5-3-7-17(13)15(16)18/h9-10,15H,3-8H2,1-2H3. The lowest BCUT2D eigenvalue weighted by Gasteiger charge is -2.47. The normalized spacial score (nSPS) is 23.2. The van der Waals surface area contributed by atoms with Crippen molar-refractivity contribution in [3.05, 3.63) is 23.3 Å². The van der Waals surface area contributed by atoms with Crippen molar-refractivity contribution in [1.82, 2.24) is 4.90 Å². The van der Waals surface area contributed by atoms with Gasteiger partial charge < -0.3 is 9.80 Å². The van der Waals surface area contributed by atoms with E-state index in [-0.39, 0.29) is 0 Å². The molecule has 0 amide bonds. The van der Waals surface area contributed by atoms with Crippen molar-refractivity contribution in [3.8, 4) is 0 Å². The van der Waals surface area contributed by atoms with E-state index < -0.39 is 0 Å². The van der Waals surface area contributed by atoms with Crippen molar-refractivity contribution < 1.29 is 0 Å². The zero-order valence-electron chi connectivity index (χ0n) is 11.3. The second-order valence-electron chi connectivity index (χ2n) is 5.90. The quantitative estimate of drug-likeness (QED) is 0.692. The Balaban J connectivity index is 1.86. The van der Waals surface area contributed by atoms with Crippen molar-refractivity contribution in [2.24, 2.45) is 0 Å². The van der Waals surface area contributed by atoms with E-state index in [1.807, 2.05) is 0 Å². The molecule has 0 aliphatic carbocycles. The highest BCUT2D eigenvalue weighted by Gasteiger charge is 2.43. The largest absolute Gasteiger partial charge is 0.337 e. The first-order valence-electron chi connectivity index (χ1n) is 7.14. The van der Waals surface area contributed by atoms with Gasteiger partial charge in [0.05, 0.1) is 11.4 Å². The van der Waals surface area contributed by atoms with E-state index >= 15 is 0 Å². The minimum atomic E-state index is 0.517. The highest BCUT2D eigenvalue weighted by molar-refractivity contribution is 5.79. The van der Waals surface area contributed by atoms with Gasteiger partial charge in [0.1, 0.15) is 0 Å². The summed E-state index contributed by atoms with van der Waals surface area (Å²) >= 11 is 0. The van der Waals surface area contributed by atoms with E-state index in [9.17, 15) is 0 Å². The molecule has 0 saturated carbocycles. The third-order valence-electron chi connectivity index (χ3n) is 4.78. The average Bonchev–Trinajstić information content (AvgIpc) is 2.68. The van der Waals surface area contributed by atoms with Crippen LogP contribution in [0.2, 0.25) is 0 Å². The number of hydrogen-bond acceptors (Lipinski definition) is 3. The van der Waals surface area contributed by atoms with Gasteiger partial charge in [0, 0.05) is 26.2 Å². The van der Waals surface area contributed by atoms with Crippen molar-refractivity contribution in [1.29, 1.82) is 0 Å². The van der Waals surface area contributed by atoms with Crippen molar-refractivity contribution in [3.63, 3.8) is 0 Å². The maximum absolute atomic E-state index is 2.65. The Bertz CT molecular complexity index is 454. The summed E-state index contributed by atoms with van der Waals surface area (Å²) in [6.07, 6.45) is 3.12. The van der Waals surface area contributed by atoms with Crippen LogP contribution in [0.15, 0.2) is 12.1 Å². The molecule has 1 aromatic carbocycles. The van der Waals surface area contributed by atoms with Crippen LogP contribution in [-0.2, 0) is 0 Å².